The molecule has 0 spiro atoms. The minimum Gasteiger partial charge on any atom is -0.379 e. The van der Waals surface area contributed by atoms with Crippen molar-refractivity contribution in [2.75, 3.05) is 25.5 Å². The van der Waals surface area contributed by atoms with Crippen LogP contribution in [0.3, 0.4) is 0 Å². The summed E-state index contributed by atoms with van der Waals surface area (Å²) in [5.74, 6) is -0.0186. The molecule has 0 atom stereocenters. The number of carbonyl (C=O) groups is 1. The highest BCUT2D eigenvalue weighted by atomic mass is 16.6. The lowest BCUT2D eigenvalue weighted by atomic mass is 10.1. The summed E-state index contributed by atoms with van der Waals surface area (Å²) in [5, 5.41) is 14.4. The second-order valence-corrected chi connectivity index (χ2v) is 5.47. The van der Waals surface area contributed by atoms with Gasteiger partial charge < -0.3 is 10.2 Å². The molecule has 0 aliphatic heterocycles. The number of rotatable bonds is 7. The number of para-hydroxylation sites is 1. The SMILES string of the molecule is CCCNc1cccc(C(=O)N(C)CC(C)C)c1[N+](=O)[O-]. The third kappa shape index (κ3) is 4.44. The summed E-state index contributed by atoms with van der Waals surface area (Å²) in [6, 6.07) is 4.81. The van der Waals surface area contributed by atoms with Crippen molar-refractivity contribution < 1.29 is 9.72 Å². The third-order valence-corrected chi connectivity index (χ3v) is 3.00. The van der Waals surface area contributed by atoms with E-state index in [1.807, 2.05) is 20.8 Å². The standard InChI is InChI=1S/C15H23N3O3/c1-5-9-16-13-8-6-7-12(14(13)18(20)21)15(19)17(4)10-11(2)3/h6-8,11,16H,5,9-10H2,1-4H3. The first-order chi connectivity index (χ1) is 9.88. The van der Waals surface area contributed by atoms with Crippen LogP contribution in [0.2, 0.25) is 0 Å². The van der Waals surface area contributed by atoms with Gasteiger partial charge in [0, 0.05) is 20.1 Å². The molecule has 0 bridgehead atoms. The molecule has 0 heterocycles. The van der Waals surface area contributed by atoms with Gasteiger partial charge in [0.25, 0.3) is 5.91 Å². The van der Waals surface area contributed by atoms with Crippen molar-refractivity contribution in [1.29, 1.82) is 0 Å². The van der Waals surface area contributed by atoms with Crippen molar-refractivity contribution in [1.82, 2.24) is 4.90 Å². The maximum atomic E-state index is 12.4. The lowest BCUT2D eigenvalue weighted by Gasteiger charge is -2.20. The first-order valence-corrected chi connectivity index (χ1v) is 7.15. The van der Waals surface area contributed by atoms with Crippen LogP contribution >= 0.6 is 0 Å². The predicted octanol–water partition coefficient (Wildman–Crippen LogP) is 3.14. The number of nitrogens with one attached hydrogen (secondary N) is 1. The second-order valence-electron chi connectivity index (χ2n) is 5.47. The van der Waals surface area contributed by atoms with Gasteiger partial charge in [0.2, 0.25) is 0 Å². The van der Waals surface area contributed by atoms with E-state index in [-0.39, 0.29) is 17.2 Å². The van der Waals surface area contributed by atoms with E-state index >= 15 is 0 Å². The molecule has 1 amide bonds. The van der Waals surface area contributed by atoms with Gasteiger partial charge in [-0.15, -0.1) is 0 Å². The van der Waals surface area contributed by atoms with Gasteiger partial charge >= 0.3 is 5.69 Å². The fourth-order valence-electron chi connectivity index (χ4n) is 2.15. The number of nitro benzene ring substituents is 1. The van der Waals surface area contributed by atoms with Gasteiger partial charge in [-0.1, -0.05) is 26.8 Å². The minimum absolute atomic E-state index is 0.129. The molecule has 6 nitrogen and oxygen atoms in total. The van der Waals surface area contributed by atoms with Crippen LogP contribution in [0.1, 0.15) is 37.6 Å². The molecule has 0 aliphatic carbocycles. The lowest BCUT2D eigenvalue weighted by Crippen LogP contribution is -2.30. The Kier molecular flexibility index (Phi) is 6.14. The van der Waals surface area contributed by atoms with Crippen molar-refractivity contribution in [2.24, 2.45) is 5.92 Å². The molecule has 1 aromatic rings. The average Bonchev–Trinajstić information content (AvgIpc) is 2.42. The van der Waals surface area contributed by atoms with Crippen LogP contribution in [0.15, 0.2) is 18.2 Å². The molecule has 0 radical (unpaired) electrons. The molecule has 0 unspecified atom stereocenters. The first-order valence-electron chi connectivity index (χ1n) is 7.15. The Morgan fingerprint density at radius 2 is 2.10 bits per heavy atom. The highest BCUT2D eigenvalue weighted by molar-refractivity contribution is 6.00. The minimum atomic E-state index is -0.492. The van der Waals surface area contributed by atoms with Crippen LogP contribution in [0.5, 0.6) is 0 Å². The molecule has 1 aromatic carbocycles. The van der Waals surface area contributed by atoms with Crippen molar-refractivity contribution in [2.45, 2.75) is 27.2 Å². The predicted molar refractivity (Wildman–Crippen MR) is 83.7 cm³/mol. The smallest absolute Gasteiger partial charge is 0.305 e. The topological polar surface area (TPSA) is 75.5 Å². The number of hydrogen-bond acceptors (Lipinski definition) is 4. The quantitative estimate of drug-likeness (QED) is 0.619. The van der Waals surface area contributed by atoms with E-state index in [1.54, 1.807) is 19.2 Å². The van der Waals surface area contributed by atoms with E-state index in [0.717, 1.165) is 6.42 Å². The van der Waals surface area contributed by atoms with E-state index in [2.05, 4.69) is 5.32 Å². The summed E-state index contributed by atoms with van der Waals surface area (Å²) in [7, 11) is 1.66. The van der Waals surface area contributed by atoms with Gasteiger partial charge in [-0.05, 0) is 24.5 Å². The normalized spacial score (nSPS) is 10.5. The largest absolute Gasteiger partial charge is 0.379 e. The molecule has 21 heavy (non-hydrogen) atoms. The summed E-state index contributed by atoms with van der Waals surface area (Å²) < 4.78 is 0. The highest BCUT2D eigenvalue weighted by Crippen LogP contribution is 2.29. The molecule has 1 N–H and O–H groups in total. The molecular weight excluding hydrogens is 270 g/mol. The molecule has 0 saturated carbocycles. The summed E-state index contributed by atoms with van der Waals surface area (Å²) in [6.45, 7) is 7.15. The van der Waals surface area contributed by atoms with Gasteiger partial charge in [0.15, 0.2) is 0 Å². The summed E-state index contributed by atoms with van der Waals surface area (Å²) in [5.41, 5.74) is 0.376. The highest BCUT2D eigenvalue weighted by Gasteiger charge is 2.26. The number of amides is 1. The number of nitrogens with zero attached hydrogens (tertiary/aromatic N) is 2. The summed E-state index contributed by atoms with van der Waals surface area (Å²) in [4.78, 5) is 24.8. The summed E-state index contributed by atoms with van der Waals surface area (Å²) >= 11 is 0. The number of carbonyl (C=O) groups excluding carboxylic acids is 1. The maximum Gasteiger partial charge on any atom is 0.305 e. The molecule has 0 aromatic heterocycles. The van der Waals surface area contributed by atoms with Crippen molar-refractivity contribution in [3.8, 4) is 0 Å². The van der Waals surface area contributed by atoms with E-state index < -0.39 is 4.92 Å². The van der Waals surface area contributed by atoms with Crippen molar-refractivity contribution in [3.63, 3.8) is 0 Å². The Bertz CT molecular complexity index is 515. The van der Waals surface area contributed by atoms with Gasteiger partial charge in [0.05, 0.1) is 4.92 Å². The molecule has 0 fully saturated rings. The molecule has 1 rings (SSSR count). The van der Waals surface area contributed by atoms with Crippen LogP contribution in [0.4, 0.5) is 11.4 Å². The number of anilines is 1. The van der Waals surface area contributed by atoms with Crippen LogP contribution in [0.25, 0.3) is 0 Å². The van der Waals surface area contributed by atoms with E-state index in [9.17, 15) is 14.9 Å². The molecular formula is C15H23N3O3. The number of hydrogen-bond donors (Lipinski definition) is 1. The zero-order chi connectivity index (χ0) is 16.0. The second kappa shape index (κ2) is 7.61. The van der Waals surface area contributed by atoms with Crippen molar-refractivity contribution in [3.05, 3.63) is 33.9 Å². The average molecular weight is 293 g/mol. The molecule has 0 saturated heterocycles. The van der Waals surface area contributed by atoms with Crippen LogP contribution in [-0.4, -0.2) is 35.9 Å². The third-order valence-electron chi connectivity index (χ3n) is 3.00. The van der Waals surface area contributed by atoms with Gasteiger partial charge in [-0.25, -0.2) is 0 Å². The fraction of sp³-hybridized carbons (Fsp3) is 0.533. The maximum absolute atomic E-state index is 12.4. The van der Waals surface area contributed by atoms with E-state index in [0.29, 0.717) is 24.7 Å². The van der Waals surface area contributed by atoms with Crippen LogP contribution in [0, 0.1) is 16.0 Å². The Morgan fingerprint density at radius 1 is 1.43 bits per heavy atom. The van der Waals surface area contributed by atoms with Gasteiger partial charge in [0.1, 0.15) is 11.3 Å². The van der Waals surface area contributed by atoms with E-state index in [1.165, 1.54) is 11.0 Å². The van der Waals surface area contributed by atoms with E-state index in [4.69, 9.17) is 0 Å². The number of nitro groups is 1. The monoisotopic (exact) mass is 293 g/mol. The summed E-state index contributed by atoms with van der Waals surface area (Å²) in [6.07, 6.45) is 0.850. The zero-order valence-corrected chi connectivity index (χ0v) is 13.0. The Balaban J connectivity index is 3.16. The van der Waals surface area contributed by atoms with Gasteiger partial charge in [-0.3, -0.25) is 14.9 Å². The lowest BCUT2D eigenvalue weighted by molar-refractivity contribution is -0.384. The van der Waals surface area contributed by atoms with Crippen LogP contribution < -0.4 is 5.32 Å². The van der Waals surface area contributed by atoms with Crippen LogP contribution in [-0.2, 0) is 0 Å². The van der Waals surface area contributed by atoms with Gasteiger partial charge in [-0.2, -0.15) is 0 Å². The fourth-order valence-corrected chi connectivity index (χ4v) is 2.15. The molecule has 0 aliphatic rings. The Hall–Kier alpha value is -2.11. The molecule has 6 heteroatoms. The first kappa shape index (κ1) is 16.9. The molecule has 116 valence electrons. The number of benzene rings is 1. The Labute approximate surface area is 125 Å². The van der Waals surface area contributed by atoms with Crippen molar-refractivity contribution >= 4 is 17.3 Å². The Morgan fingerprint density at radius 3 is 2.62 bits per heavy atom. The zero-order valence-electron chi connectivity index (χ0n) is 13.0.